The highest BCUT2D eigenvalue weighted by atomic mass is 16.5. The highest BCUT2D eigenvalue weighted by Gasteiger charge is 2.18. The van der Waals surface area contributed by atoms with E-state index in [1.807, 2.05) is 6.92 Å². The maximum atomic E-state index is 11.9. The van der Waals surface area contributed by atoms with Crippen LogP contribution in [0.3, 0.4) is 0 Å². The molecule has 1 aliphatic heterocycles. The molecule has 0 aliphatic carbocycles. The first-order valence-electron chi connectivity index (χ1n) is 7.52. The summed E-state index contributed by atoms with van der Waals surface area (Å²) in [5.74, 6) is 0.0649. The molecule has 1 saturated heterocycles. The summed E-state index contributed by atoms with van der Waals surface area (Å²) >= 11 is 0. The molecule has 112 valence electrons. The molecule has 1 heterocycles. The third-order valence-electron chi connectivity index (χ3n) is 3.69. The number of amides is 1. The molecule has 2 N–H and O–H groups in total. The molecule has 1 fully saturated rings. The van der Waals surface area contributed by atoms with Crippen molar-refractivity contribution in [1.29, 1.82) is 0 Å². The van der Waals surface area contributed by atoms with Gasteiger partial charge in [-0.15, -0.1) is 0 Å². The Kier molecular flexibility index (Phi) is 8.02. The van der Waals surface area contributed by atoms with E-state index in [4.69, 9.17) is 4.74 Å². The molecule has 2 unspecified atom stereocenters. The fourth-order valence-electron chi connectivity index (χ4n) is 2.24. The summed E-state index contributed by atoms with van der Waals surface area (Å²) in [7, 11) is 0. The van der Waals surface area contributed by atoms with E-state index in [0.29, 0.717) is 6.54 Å². The molecule has 1 aliphatic rings. The summed E-state index contributed by atoms with van der Waals surface area (Å²) in [5.41, 5.74) is 0. The minimum absolute atomic E-state index is 0.0649. The van der Waals surface area contributed by atoms with Gasteiger partial charge in [0.15, 0.2) is 0 Å². The Balaban J connectivity index is 2.10. The first kappa shape index (κ1) is 16.4. The van der Waals surface area contributed by atoms with E-state index in [1.165, 1.54) is 0 Å². The minimum Gasteiger partial charge on any atom is -0.376 e. The highest BCUT2D eigenvalue weighted by Crippen LogP contribution is 2.10. The Hall–Kier alpha value is -0.650. The van der Waals surface area contributed by atoms with E-state index in [-0.39, 0.29) is 18.1 Å². The van der Waals surface area contributed by atoms with E-state index in [2.05, 4.69) is 29.4 Å². The van der Waals surface area contributed by atoms with Crippen molar-refractivity contribution >= 4 is 5.91 Å². The van der Waals surface area contributed by atoms with Crippen LogP contribution < -0.4 is 10.6 Å². The van der Waals surface area contributed by atoms with Gasteiger partial charge in [0.05, 0.1) is 12.1 Å². The predicted octanol–water partition coefficient (Wildman–Crippen LogP) is 0.602. The van der Waals surface area contributed by atoms with Crippen LogP contribution in [0.5, 0.6) is 0 Å². The third-order valence-corrected chi connectivity index (χ3v) is 3.69. The largest absolute Gasteiger partial charge is 0.376 e. The van der Waals surface area contributed by atoms with Gasteiger partial charge in [0.1, 0.15) is 0 Å². The van der Waals surface area contributed by atoms with Gasteiger partial charge in [-0.2, -0.15) is 0 Å². The molecular formula is C14H29N3O2. The molecule has 0 spiro atoms. The van der Waals surface area contributed by atoms with Crippen molar-refractivity contribution in [3.63, 3.8) is 0 Å². The van der Waals surface area contributed by atoms with Crippen molar-refractivity contribution in [2.24, 2.45) is 0 Å². The van der Waals surface area contributed by atoms with Crippen LogP contribution in [0.15, 0.2) is 0 Å². The topological polar surface area (TPSA) is 53.6 Å². The van der Waals surface area contributed by atoms with Gasteiger partial charge in [0.2, 0.25) is 5.91 Å². The lowest BCUT2D eigenvalue weighted by atomic mass is 10.2. The number of nitrogens with one attached hydrogen (secondary N) is 2. The van der Waals surface area contributed by atoms with Crippen LogP contribution in [0.1, 0.15) is 33.6 Å². The Bertz CT molecular complexity index is 251. The van der Waals surface area contributed by atoms with Crippen LogP contribution >= 0.6 is 0 Å². The second kappa shape index (κ2) is 9.28. The number of hydrogen-bond acceptors (Lipinski definition) is 4. The van der Waals surface area contributed by atoms with Crippen molar-refractivity contribution in [2.75, 3.05) is 39.3 Å². The highest BCUT2D eigenvalue weighted by molar-refractivity contribution is 5.81. The van der Waals surface area contributed by atoms with Gasteiger partial charge in [-0.05, 0) is 32.9 Å². The zero-order valence-electron chi connectivity index (χ0n) is 12.6. The molecule has 1 amide bonds. The van der Waals surface area contributed by atoms with Gasteiger partial charge in [0.25, 0.3) is 0 Å². The average Bonchev–Trinajstić information content (AvgIpc) is 2.94. The second-order valence-electron chi connectivity index (χ2n) is 5.08. The van der Waals surface area contributed by atoms with Crippen LogP contribution in [0.2, 0.25) is 0 Å². The molecule has 0 radical (unpaired) electrons. The number of likely N-dealkylation sites (N-methyl/N-ethyl adjacent to an activating group) is 1. The number of nitrogens with zero attached hydrogens (tertiary/aromatic N) is 1. The normalized spacial score (nSPS) is 20.7. The monoisotopic (exact) mass is 271 g/mol. The third kappa shape index (κ3) is 6.36. The molecular weight excluding hydrogens is 242 g/mol. The number of carbonyl (C=O) groups is 1. The number of ether oxygens (including phenoxy) is 1. The van der Waals surface area contributed by atoms with Gasteiger partial charge in [-0.1, -0.05) is 13.8 Å². The smallest absolute Gasteiger partial charge is 0.236 e. The lowest BCUT2D eigenvalue weighted by Gasteiger charge is -2.20. The van der Waals surface area contributed by atoms with Gasteiger partial charge < -0.3 is 20.3 Å². The molecule has 2 atom stereocenters. The van der Waals surface area contributed by atoms with Crippen molar-refractivity contribution in [3.05, 3.63) is 0 Å². The van der Waals surface area contributed by atoms with Crippen LogP contribution in [0.4, 0.5) is 0 Å². The Labute approximate surface area is 117 Å². The second-order valence-corrected chi connectivity index (χ2v) is 5.08. The van der Waals surface area contributed by atoms with Gasteiger partial charge >= 0.3 is 0 Å². The molecule has 0 bridgehead atoms. The summed E-state index contributed by atoms with van der Waals surface area (Å²) in [4.78, 5) is 14.2. The van der Waals surface area contributed by atoms with Crippen LogP contribution in [-0.4, -0.2) is 62.3 Å². The molecule has 0 aromatic heterocycles. The molecule has 1 rings (SSSR count). The summed E-state index contributed by atoms with van der Waals surface area (Å²) < 4.78 is 5.48. The lowest BCUT2D eigenvalue weighted by Crippen LogP contribution is -2.46. The SMILES string of the molecule is CCN(CC)CCNC(C)C(=O)NCC1CCCO1. The molecule has 5 heteroatoms. The average molecular weight is 271 g/mol. The van der Waals surface area contributed by atoms with E-state index >= 15 is 0 Å². The quantitative estimate of drug-likeness (QED) is 0.645. The molecule has 19 heavy (non-hydrogen) atoms. The first-order valence-corrected chi connectivity index (χ1v) is 7.52. The van der Waals surface area contributed by atoms with Crippen LogP contribution in [-0.2, 0) is 9.53 Å². The van der Waals surface area contributed by atoms with Crippen molar-refractivity contribution in [1.82, 2.24) is 15.5 Å². The van der Waals surface area contributed by atoms with E-state index in [9.17, 15) is 4.79 Å². The Morgan fingerprint density at radius 1 is 1.42 bits per heavy atom. The van der Waals surface area contributed by atoms with Crippen LogP contribution in [0.25, 0.3) is 0 Å². The standard InChI is InChI=1S/C14H29N3O2/c1-4-17(5-2)9-8-15-12(3)14(18)16-11-13-7-6-10-19-13/h12-13,15H,4-11H2,1-3H3,(H,16,18). The Morgan fingerprint density at radius 3 is 2.74 bits per heavy atom. The van der Waals surface area contributed by atoms with Crippen LogP contribution in [0, 0.1) is 0 Å². The van der Waals surface area contributed by atoms with Gasteiger partial charge in [-0.3, -0.25) is 4.79 Å². The van der Waals surface area contributed by atoms with Crippen molar-refractivity contribution in [2.45, 2.75) is 45.8 Å². The minimum atomic E-state index is -0.142. The number of hydrogen-bond donors (Lipinski definition) is 2. The molecule has 0 saturated carbocycles. The number of rotatable bonds is 9. The predicted molar refractivity (Wildman–Crippen MR) is 77.2 cm³/mol. The zero-order chi connectivity index (χ0) is 14.1. The maximum Gasteiger partial charge on any atom is 0.236 e. The summed E-state index contributed by atoms with van der Waals surface area (Å²) in [5, 5.41) is 6.21. The van der Waals surface area contributed by atoms with Gasteiger partial charge in [-0.25, -0.2) is 0 Å². The van der Waals surface area contributed by atoms with Crippen molar-refractivity contribution in [3.8, 4) is 0 Å². The lowest BCUT2D eigenvalue weighted by molar-refractivity contribution is -0.123. The van der Waals surface area contributed by atoms with E-state index < -0.39 is 0 Å². The molecule has 5 nitrogen and oxygen atoms in total. The van der Waals surface area contributed by atoms with Gasteiger partial charge in [0, 0.05) is 26.2 Å². The molecule has 0 aromatic carbocycles. The fourth-order valence-corrected chi connectivity index (χ4v) is 2.24. The zero-order valence-corrected chi connectivity index (χ0v) is 12.6. The van der Waals surface area contributed by atoms with E-state index in [1.54, 1.807) is 0 Å². The fraction of sp³-hybridized carbons (Fsp3) is 0.929. The summed E-state index contributed by atoms with van der Waals surface area (Å²) in [6, 6.07) is -0.142. The van der Waals surface area contributed by atoms with E-state index in [0.717, 1.165) is 45.6 Å². The van der Waals surface area contributed by atoms with Crippen molar-refractivity contribution < 1.29 is 9.53 Å². The number of carbonyl (C=O) groups excluding carboxylic acids is 1. The maximum absolute atomic E-state index is 11.9. The Morgan fingerprint density at radius 2 is 2.16 bits per heavy atom. The molecule has 0 aromatic rings. The summed E-state index contributed by atoms with van der Waals surface area (Å²) in [6.45, 7) is 11.6. The first-order chi connectivity index (χ1) is 9.17. The summed E-state index contributed by atoms with van der Waals surface area (Å²) in [6.07, 6.45) is 2.38.